The lowest BCUT2D eigenvalue weighted by atomic mass is 9.97. The maximum absolute atomic E-state index is 12.2. The topological polar surface area (TPSA) is 61.4 Å². The van der Waals surface area contributed by atoms with Gasteiger partial charge in [0.1, 0.15) is 0 Å². The van der Waals surface area contributed by atoms with Crippen LogP contribution < -0.4 is 10.6 Å². The molecule has 4 nitrogen and oxygen atoms in total. The Labute approximate surface area is 133 Å². The maximum Gasteiger partial charge on any atom is 0.315 e. The molecule has 1 aliphatic rings. The minimum Gasteiger partial charge on any atom is -0.393 e. The zero-order valence-corrected chi connectivity index (χ0v) is 13.6. The van der Waals surface area contributed by atoms with Crippen molar-refractivity contribution in [1.29, 1.82) is 0 Å². The lowest BCUT2D eigenvalue weighted by Gasteiger charge is -2.22. The number of hydrogen-bond acceptors (Lipinski definition) is 2. The molecule has 1 aliphatic carbocycles. The van der Waals surface area contributed by atoms with Gasteiger partial charge >= 0.3 is 6.03 Å². The van der Waals surface area contributed by atoms with Crippen LogP contribution in [-0.2, 0) is 0 Å². The van der Waals surface area contributed by atoms with Gasteiger partial charge in [0.15, 0.2) is 0 Å². The van der Waals surface area contributed by atoms with E-state index in [4.69, 9.17) is 0 Å². The van der Waals surface area contributed by atoms with E-state index in [0.717, 1.165) is 31.2 Å². The Kier molecular flexibility index (Phi) is 6.25. The molecular weight excluding hydrogens is 276 g/mol. The highest BCUT2D eigenvalue weighted by atomic mass is 16.3. The second kappa shape index (κ2) is 8.18. The molecule has 0 saturated heterocycles. The Morgan fingerprint density at radius 1 is 1.27 bits per heavy atom. The first-order valence-electron chi connectivity index (χ1n) is 8.32. The lowest BCUT2D eigenvalue weighted by Crippen LogP contribution is -2.40. The molecule has 0 aliphatic heterocycles. The van der Waals surface area contributed by atoms with E-state index >= 15 is 0 Å². The van der Waals surface area contributed by atoms with Crippen molar-refractivity contribution in [2.24, 2.45) is 11.8 Å². The number of benzene rings is 1. The highest BCUT2D eigenvalue weighted by Gasteiger charge is 2.23. The Morgan fingerprint density at radius 2 is 2.00 bits per heavy atom. The molecule has 2 rings (SSSR count). The van der Waals surface area contributed by atoms with Crippen LogP contribution in [0.3, 0.4) is 0 Å². The Hall–Kier alpha value is -1.55. The Balaban J connectivity index is 1.85. The number of rotatable bonds is 6. The predicted octanol–water partition coefficient (Wildman–Crippen LogP) is 3.23. The second-order valence-electron chi connectivity index (χ2n) is 6.78. The molecule has 4 heteroatoms. The molecule has 3 N–H and O–H groups in total. The van der Waals surface area contributed by atoms with Crippen molar-refractivity contribution in [1.82, 2.24) is 10.6 Å². The lowest BCUT2D eigenvalue weighted by molar-refractivity contribution is 0.177. The first-order valence-corrected chi connectivity index (χ1v) is 8.32. The van der Waals surface area contributed by atoms with Crippen LogP contribution in [0.25, 0.3) is 0 Å². The van der Waals surface area contributed by atoms with Gasteiger partial charge in [-0.15, -0.1) is 0 Å². The summed E-state index contributed by atoms with van der Waals surface area (Å²) in [4.78, 5) is 12.2. The average molecular weight is 304 g/mol. The number of amides is 2. The summed E-state index contributed by atoms with van der Waals surface area (Å²) in [5, 5.41) is 15.6. The molecule has 0 unspecified atom stereocenters. The van der Waals surface area contributed by atoms with E-state index < -0.39 is 0 Å². The molecule has 1 saturated carbocycles. The van der Waals surface area contributed by atoms with Gasteiger partial charge in [0.05, 0.1) is 12.1 Å². The van der Waals surface area contributed by atoms with Crippen LogP contribution >= 0.6 is 0 Å². The standard InChI is InChI=1S/C18H28N2O2/c1-13(2)10-17(15-6-4-3-5-7-15)20-18(22)19-12-14-8-9-16(21)11-14/h3-7,13-14,16-17,21H,8-12H2,1-2H3,(H2,19,20,22)/t14-,16+,17+/m1/s1. The van der Waals surface area contributed by atoms with E-state index in [-0.39, 0.29) is 18.2 Å². The largest absolute Gasteiger partial charge is 0.393 e. The van der Waals surface area contributed by atoms with E-state index in [1.54, 1.807) is 0 Å². The van der Waals surface area contributed by atoms with Crippen molar-refractivity contribution >= 4 is 6.03 Å². The van der Waals surface area contributed by atoms with Crippen LogP contribution in [0.4, 0.5) is 4.79 Å². The summed E-state index contributed by atoms with van der Waals surface area (Å²) in [5.74, 6) is 0.913. The number of carbonyl (C=O) groups is 1. The normalized spacial score (nSPS) is 22.5. The van der Waals surface area contributed by atoms with Crippen LogP contribution in [0, 0.1) is 11.8 Å². The molecule has 0 aromatic heterocycles. The number of nitrogens with one attached hydrogen (secondary N) is 2. The fourth-order valence-electron chi connectivity index (χ4n) is 3.12. The molecule has 1 aromatic carbocycles. The van der Waals surface area contributed by atoms with Crippen molar-refractivity contribution in [3.05, 3.63) is 35.9 Å². The van der Waals surface area contributed by atoms with Crippen molar-refractivity contribution in [2.75, 3.05) is 6.54 Å². The summed E-state index contributed by atoms with van der Waals surface area (Å²) in [5.41, 5.74) is 1.14. The van der Waals surface area contributed by atoms with Crippen molar-refractivity contribution in [2.45, 2.75) is 51.7 Å². The Morgan fingerprint density at radius 3 is 2.59 bits per heavy atom. The minimum atomic E-state index is -0.187. The smallest absolute Gasteiger partial charge is 0.315 e. The molecule has 0 heterocycles. The second-order valence-corrected chi connectivity index (χ2v) is 6.78. The predicted molar refractivity (Wildman–Crippen MR) is 88.5 cm³/mol. The quantitative estimate of drug-likeness (QED) is 0.755. The van der Waals surface area contributed by atoms with E-state index in [2.05, 4.69) is 36.6 Å². The van der Waals surface area contributed by atoms with Gasteiger partial charge in [-0.2, -0.15) is 0 Å². The third kappa shape index (κ3) is 5.34. The molecule has 2 amide bonds. The monoisotopic (exact) mass is 304 g/mol. The molecule has 22 heavy (non-hydrogen) atoms. The van der Waals surface area contributed by atoms with Crippen molar-refractivity contribution in [3.8, 4) is 0 Å². The molecule has 122 valence electrons. The van der Waals surface area contributed by atoms with Gasteiger partial charge in [0.25, 0.3) is 0 Å². The summed E-state index contributed by atoms with van der Waals surface area (Å²) in [6.07, 6.45) is 3.38. The molecule has 1 aromatic rings. The highest BCUT2D eigenvalue weighted by molar-refractivity contribution is 5.74. The van der Waals surface area contributed by atoms with Crippen molar-refractivity contribution in [3.63, 3.8) is 0 Å². The van der Waals surface area contributed by atoms with Gasteiger partial charge in [-0.05, 0) is 43.1 Å². The molecule has 0 radical (unpaired) electrons. The van der Waals surface area contributed by atoms with Gasteiger partial charge < -0.3 is 15.7 Å². The number of urea groups is 1. The number of hydrogen-bond donors (Lipinski definition) is 3. The number of aliphatic hydroxyl groups is 1. The minimum absolute atomic E-state index is 0.0374. The molecule has 1 fully saturated rings. The summed E-state index contributed by atoms with van der Waals surface area (Å²) < 4.78 is 0. The van der Waals surface area contributed by atoms with Crippen LogP contribution in [0.1, 0.15) is 51.1 Å². The van der Waals surface area contributed by atoms with Gasteiger partial charge in [-0.25, -0.2) is 4.79 Å². The van der Waals surface area contributed by atoms with Gasteiger partial charge in [-0.3, -0.25) is 0 Å². The summed E-state index contributed by atoms with van der Waals surface area (Å²) in [6, 6.07) is 10.0. The first kappa shape index (κ1) is 16.8. The van der Waals surface area contributed by atoms with Gasteiger partial charge in [-0.1, -0.05) is 44.2 Å². The van der Waals surface area contributed by atoms with Crippen LogP contribution in [0.15, 0.2) is 30.3 Å². The number of carbonyl (C=O) groups excluding carboxylic acids is 1. The van der Waals surface area contributed by atoms with E-state index in [1.165, 1.54) is 0 Å². The third-order valence-electron chi connectivity index (χ3n) is 4.28. The number of aliphatic hydroxyl groups excluding tert-OH is 1. The first-order chi connectivity index (χ1) is 10.5. The zero-order valence-electron chi connectivity index (χ0n) is 13.6. The molecule has 0 spiro atoms. The maximum atomic E-state index is 12.2. The van der Waals surface area contributed by atoms with E-state index in [9.17, 15) is 9.90 Å². The van der Waals surface area contributed by atoms with E-state index in [0.29, 0.717) is 18.4 Å². The van der Waals surface area contributed by atoms with Crippen LogP contribution in [0.2, 0.25) is 0 Å². The fourth-order valence-corrected chi connectivity index (χ4v) is 3.12. The highest BCUT2D eigenvalue weighted by Crippen LogP contribution is 2.24. The molecule has 3 atom stereocenters. The van der Waals surface area contributed by atoms with Crippen LogP contribution in [-0.4, -0.2) is 23.8 Å². The fraction of sp³-hybridized carbons (Fsp3) is 0.611. The summed E-state index contributed by atoms with van der Waals surface area (Å²) in [6.45, 7) is 4.97. The van der Waals surface area contributed by atoms with E-state index in [1.807, 2.05) is 18.2 Å². The molecular formula is C18H28N2O2. The molecule has 0 bridgehead atoms. The van der Waals surface area contributed by atoms with Crippen molar-refractivity contribution < 1.29 is 9.90 Å². The summed E-state index contributed by atoms with van der Waals surface area (Å²) >= 11 is 0. The van der Waals surface area contributed by atoms with Gasteiger partial charge in [0.2, 0.25) is 0 Å². The van der Waals surface area contributed by atoms with Gasteiger partial charge in [0, 0.05) is 6.54 Å². The Bertz CT molecular complexity index is 461. The third-order valence-corrected chi connectivity index (χ3v) is 4.28. The summed E-state index contributed by atoms with van der Waals surface area (Å²) in [7, 11) is 0. The van der Waals surface area contributed by atoms with Crippen LogP contribution in [0.5, 0.6) is 0 Å². The average Bonchev–Trinajstić information content (AvgIpc) is 2.91. The SMILES string of the molecule is CC(C)C[C@H](NC(=O)NC[C@@H]1CC[C@H](O)C1)c1ccccc1. The zero-order chi connectivity index (χ0) is 15.9.